The first-order chi connectivity index (χ1) is 34.9. The number of allylic oxidation sites excluding steroid dienone is 8. The highest BCUT2D eigenvalue weighted by molar-refractivity contribution is 8.13. The van der Waals surface area contributed by atoms with Crippen LogP contribution < -0.4 is 16.4 Å². The molecule has 8 atom stereocenters. The number of phosphoric ester groups is 3. The Morgan fingerprint density at radius 1 is 0.865 bits per heavy atom. The molecule has 3 heterocycles. The predicted octanol–water partition coefficient (Wildman–Crippen LogP) is 5.34. The number of imidazole rings is 1. The van der Waals surface area contributed by atoms with Crippen LogP contribution in [-0.4, -0.2) is 134 Å². The molecule has 0 spiro atoms. The summed E-state index contributed by atoms with van der Waals surface area (Å²) in [4.78, 5) is 88.6. The van der Waals surface area contributed by atoms with Crippen molar-refractivity contribution in [3.05, 3.63) is 61.3 Å². The maximum atomic E-state index is 12.8. The number of amides is 2. The Labute approximate surface area is 435 Å². The van der Waals surface area contributed by atoms with Crippen LogP contribution in [0.4, 0.5) is 5.82 Å². The molecule has 29 heteroatoms. The molecule has 0 bridgehead atoms. The number of aromatic nitrogens is 4. The minimum atomic E-state index is -5.59. The van der Waals surface area contributed by atoms with Crippen molar-refractivity contribution < 1.29 is 85.6 Å². The molecule has 418 valence electrons. The number of nitrogen functional groups attached to an aromatic ring is 1. The number of aliphatic hydroxyl groups excluding tert-OH is 3. The molecule has 2 unspecified atom stereocenters. The molecule has 25 nitrogen and oxygen atoms in total. The van der Waals surface area contributed by atoms with Gasteiger partial charge in [0.15, 0.2) is 22.8 Å². The van der Waals surface area contributed by atoms with E-state index in [2.05, 4.69) is 90.0 Å². The lowest BCUT2D eigenvalue weighted by molar-refractivity contribution is -0.137. The molecule has 0 radical (unpaired) electrons. The zero-order valence-corrected chi connectivity index (χ0v) is 45.4. The number of aliphatic hydroxyl groups is 3. The standard InChI is InChI=1S/C45H74N7O18P3S/c1-4-5-6-7-8-9-10-11-12-13-14-15-16-17-18-19-20-21-22-23-33(53)28-36(55)74-27-26-47-35(54)24-25-48-43(58)40(57)45(2,3)30-67-73(64,65)70-72(62,63)66-29-34-39(69-71(59,60)61)38(56)44(68-34)52-32-51-37-41(46)49-31-50-42(37)52/h5-6,8-9,11-12,14-15,31-34,38-40,44,53,56-57H,4,7,10,13,16-30H2,1-3H3,(H,47,54)(H,48,58)(H,62,63)(H,64,65)(H2,46,49,50)(H2,59,60,61)/b6-5-,9-8-,12-11-,15-14-/t33-,34-,38+,39+,40-,44-/m0/s1. The molecule has 1 fully saturated rings. The molecule has 1 aliphatic rings. The van der Waals surface area contributed by atoms with Crippen molar-refractivity contribution in [3.63, 3.8) is 0 Å². The first kappa shape index (κ1) is 64.8. The molecule has 2 amide bonds. The third-order valence-electron chi connectivity index (χ3n) is 11.0. The first-order valence-electron chi connectivity index (χ1n) is 24.3. The number of ether oxygens (including phenoxy) is 1. The molecule has 3 rings (SSSR count). The number of hydrogen-bond donors (Lipinski definition) is 10. The summed E-state index contributed by atoms with van der Waals surface area (Å²) in [7, 11) is -16.5. The van der Waals surface area contributed by atoms with Gasteiger partial charge in [-0.05, 0) is 44.9 Å². The summed E-state index contributed by atoms with van der Waals surface area (Å²) < 4.78 is 62.5. The summed E-state index contributed by atoms with van der Waals surface area (Å²) in [5.41, 5.74) is 4.25. The highest BCUT2D eigenvalue weighted by Crippen LogP contribution is 2.61. The van der Waals surface area contributed by atoms with Gasteiger partial charge in [-0.15, -0.1) is 0 Å². The van der Waals surface area contributed by atoms with E-state index in [1.807, 2.05) is 0 Å². The zero-order chi connectivity index (χ0) is 54.8. The molecule has 2 aromatic heterocycles. The second-order valence-electron chi connectivity index (χ2n) is 17.8. The lowest BCUT2D eigenvalue weighted by Crippen LogP contribution is -2.46. The number of thioether (sulfide) groups is 1. The molecule has 0 aromatic carbocycles. The second-order valence-corrected chi connectivity index (χ2v) is 23.2. The highest BCUT2D eigenvalue weighted by atomic mass is 32.2. The third-order valence-corrected chi connectivity index (χ3v) is 15.0. The topological polar surface area (TPSA) is 384 Å². The number of unbranched alkanes of at least 4 members (excludes halogenated alkanes) is 6. The maximum Gasteiger partial charge on any atom is 0.481 e. The predicted molar refractivity (Wildman–Crippen MR) is 275 cm³/mol. The minimum absolute atomic E-state index is 0.00929. The van der Waals surface area contributed by atoms with Crippen molar-refractivity contribution in [2.45, 2.75) is 147 Å². The van der Waals surface area contributed by atoms with Gasteiger partial charge in [-0.1, -0.05) is 113 Å². The van der Waals surface area contributed by atoms with Crippen LogP contribution in [0, 0.1) is 5.41 Å². The number of phosphoric acid groups is 3. The lowest BCUT2D eigenvalue weighted by Gasteiger charge is -2.30. The van der Waals surface area contributed by atoms with Gasteiger partial charge in [-0.2, -0.15) is 4.31 Å². The number of hydrogen-bond acceptors (Lipinski definition) is 19. The summed E-state index contributed by atoms with van der Waals surface area (Å²) >= 11 is 0.991. The molecule has 0 aliphatic carbocycles. The lowest BCUT2D eigenvalue weighted by atomic mass is 9.87. The Balaban J connectivity index is 1.26. The molecular weight excluding hydrogens is 1050 g/mol. The summed E-state index contributed by atoms with van der Waals surface area (Å²) in [5, 5.41) is 36.7. The van der Waals surface area contributed by atoms with Crippen molar-refractivity contribution in [1.29, 1.82) is 0 Å². The Morgan fingerprint density at radius 3 is 2.15 bits per heavy atom. The van der Waals surface area contributed by atoms with Gasteiger partial charge in [0.05, 0.1) is 25.6 Å². The van der Waals surface area contributed by atoms with Gasteiger partial charge < -0.3 is 56.0 Å². The van der Waals surface area contributed by atoms with Crippen LogP contribution in [0.25, 0.3) is 11.2 Å². The normalized spacial score (nSPS) is 20.2. The Bertz CT molecular complexity index is 2330. The molecule has 2 aromatic rings. The average molecular weight is 1130 g/mol. The SMILES string of the molecule is CC/C=C\C/C=C\C/C=C\C/C=C\CCCCCCCC[C@H](O)CC(=O)SCCNC(=O)CCNC(=O)[C@H](O)C(C)(C)COP(=O)(O)OP(=O)(O)OC[C@@H]1O[C@H](n2cnc3c(N)ncnc32)[C@H](O)[C@@H]1OP(=O)(O)O. The van der Waals surface area contributed by atoms with E-state index in [-0.39, 0.29) is 53.8 Å². The van der Waals surface area contributed by atoms with E-state index < -0.39 is 90.7 Å². The smallest absolute Gasteiger partial charge is 0.393 e. The van der Waals surface area contributed by atoms with Crippen LogP contribution in [0.1, 0.15) is 117 Å². The van der Waals surface area contributed by atoms with Crippen LogP contribution in [0.15, 0.2) is 61.3 Å². The molecule has 0 saturated carbocycles. The number of carbonyl (C=O) groups excluding carboxylic acids is 3. The largest absolute Gasteiger partial charge is 0.481 e. The van der Waals surface area contributed by atoms with Crippen molar-refractivity contribution in [2.24, 2.45) is 5.41 Å². The van der Waals surface area contributed by atoms with E-state index in [1.54, 1.807) is 0 Å². The molecule has 1 saturated heterocycles. The van der Waals surface area contributed by atoms with E-state index in [1.165, 1.54) is 13.8 Å². The van der Waals surface area contributed by atoms with Crippen LogP contribution in [0.5, 0.6) is 0 Å². The van der Waals surface area contributed by atoms with Gasteiger partial charge in [-0.3, -0.25) is 32.5 Å². The van der Waals surface area contributed by atoms with E-state index in [0.29, 0.717) is 6.42 Å². The van der Waals surface area contributed by atoms with Crippen LogP contribution >= 0.6 is 35.2 Å². The summed E-state index contributed by atoms with van der Waals surface area (Å²) in [5.74, 6) is -1.24. The number of rotatable bonds is 37. The van der Waals surface area contributed by atoms with Crippen LogP contribution in [-0.2, 0) is 50.7 Å². The monoisotopic (exact) mass is 1130 g/mol. The zero-order valence-electron chi connectivity index (χ0n) is 41.9. The molecular formula is C45H74N7O18P3S. The molecule has 1 aliphatic heterocycles. The van der Waals surface area contributed by atoms with Gasteiger partial charge >= 0.3 is 23.5 Å². The molecule has 11 N–H and O–H groups in total. The van der Waals surface area contributed by atoms with E-state index in [0.717, 1.165) is 99.6 Å². The fourth-order valence-corrected chi connectivity index (χ4v) is 10.7. The van der Waals surface area contributed by atoms with Crippen molar-refractivity contribution in [1.82, 2.24) is 30.2 Å². The van der Waals surface area contributed by atoms with Crippen molar-refractivity contribution >= 4 is 69.1 Å². The first-order valence-corrected chi connectivity index (χ1v) is 29.8. The second kappa shape index (κ2) is 32.9. The van der Waals surface area contributed by atoms with Crippen LogP contribution in [0.3, 0.4) is 0 Å². The Kier molecular flexibility index (Phi) is 28.8. The Morgan fingerprint density at radius 2 is 1.49 bits per heavy atom. The van der Waals surface area contributed by atoms with Crippen LogP contribution in [0.2, 0.25) is 0 Å². The number of nitrogens with two attached hydrogens (primary N) is 1. The number of nitrogens with one attached hydrogen (secondary N) is 2. The highest BCUT2D eigenvalue weighted by Gasteiger charge is 2.50. The number of nitrogens with zero attached hydrogens (tertiary/aromatic N) is 4. The van der Waals surface area contributed by atoms with Gasteiger partial charge in [0.1, 0.15) is 36.3 Å². The minimum Gasteiger partial charge on any atom is -0.393 e. The van der Waals surface area contributed by atoms with Gasteiger partial charge in [0.25, 0.3) is 0 Å². The van der Waals surface area contributed by atoms with E-state index >= 15 is 0 Å². The molecule has 74 heavy (non-hydrogen) atoms. The summed E-state index contributed by atoms with van der Waals surface area (Å²) in [6.45, 7) is 2.50. The third kappa shape index (κ3) is 25.1. The fourth-order valence-electron chi connectivity index (χ4n) is 7.10. The van der Waals surface area contributed by atoms with Crippen molar-refractivity contribution in [2.75, 3.05) is 37.8 Å². The quantitative estimate of drug-likeness (QED) is 0.0232. The average Bonchev–Trinajstić information content (AvgIpc) is 3.89. The number of anilines is 1. The van der Waals surface area contributed by atoms with Gasteiger partial charge in [0, 0.05) is 37.1 Å². The summed E-state index contributed by atoms with van der Waals surface area (Å²) in [6.07, 6.45) is 21.7. The van der Waals surface area contributed by atoms with E-state index in [4.69, 9.17) is 19.5 Å². The van der Waals surface area contributed by atoms with E-state index in [9.17, 15) is 63.0 Å². The maximum absolute atomic E-state index is 12.8. The van der Waals surface area contributed by atoms with Gasteiger partial charge in [-0.25, -0.2) is 28.6 Å². The van der Waals surface area contributed by atoms with Crippen molar-refractivity contribution in [3.8, 4) is 0 Å². The fraction of sp³-hybridized carbons (Fsp3) is 0.644. The van der Waals surface area contributed by atoms with Gasteiger partial charge in [0.2, 0.25) is 11.8 Å². The Hall–Kier alpha value is -3.52. The number of carbonyl (C=O) groups is 3. The summed E-state index contributed by atoms with van der Waals surface area (Å²) in [6, 6.07) is 0. The number of fused-ring (bicyclic) bond motifs is 1.